The molecule has 4 rings (SSSR count). The maximum absolute atomic E-state index is 14.1. The summed E-state index contributed by atoms with van der Waals surface area (Å²) in [5.74, 6) is -1.26. The summed E-state index contributed by atoms with van der Waals surface area (Å²) >= 11 is 0. The Morgan fingerprint density at radius 1 is 1.11 bits per heavy atom. The van der Waals surface area contributed by atoms with E-state index in [9.17, 15) is 27.2 Å². The number of aromatic nitrogens is 1. The first-order valence-electron chi connectivity index (χ1n) is 12.1. The molecule has 0 aliphatic heterocycles. The Balaban J connectivity index is 1.41. The molecule has 0 bridgehead atoms. The molecule has 0 saturated carbocycles. The van der Waals surface area contributed by atoms with Crippen molar-refractivity contribution in [1.29, 1.82) is 0 Å². The van der Waals surface area contributed by atoms with Crippen LogP contribution in [0.3, 0.4) is 0 Å². The predicted octanol–water partition coefficient (Wildman–Crippen LogP) is 3.38. The van der Waals surface area contributed by atoms with E-state index in [2.05, 4.69) is 5.32 Å². The smallest absolute Gasteiger partial charge is 0.325 e. The Labute approximate surface area is 214 Å². The van der Waals surface area contributed by atoms with Crippen LogP contribution in [0.1, 0.15) is 47.8 Å². The summed E-state index contributed by atoms with van der Waals surface area (Å²) in [6.07, 6.45) is 2.80. The summed E-state index contributed by atoms with van der Waals surface area (Å²) < 4.78 is 44.2. The number of rotatable bonds is 9. The highest BCUT2D eigenvalue weighted by Gasteiger charge is 2.27. The quantitative estimate of drug-likeness (QED) is 0.337. The lowest BCUT2D eigenvalue weighted by Gasteiger charge is -2.25. The number of nitrogens with one attached hydrogen (secondary N) is 1. The summed E-state index contributed by atoms with van der Waals surface area (Å²) in [6.45, 7) is 2.05. The van der Waals surface area contributed by atoms with Crippen molar-refractivity contribution in [2.75, 3.05) is 12.9 Å². The highest BCUT2D eigenvalue weighted by atomic mass is 32.2. The third-order valence-electron chi connectivity index (χ3n) is 6.57. The summed E-state index contributed by atoms with van der Waals surface area (Å²) in [6, 6.07) is 9.94. The van der Waals surface area contributed by atoms with Gasteiger partial charge in [-0.05, 0) is 62.1 Å². The number of carbonyl (C=O) groups is 3. The van der Waals surface area contributed by atoms with Crippen molar-refractivity contribution < 1.29 is 31.9 Å². The lowest BCUT2D eigenvalue weighted by Crippen LogP contribution is -2.39. The van der Waals surface area contributed by atoms with Gasteiger partial charge in [0.05, 0.1) is 11.5 Å². The molecule has 1 amide bonds. The lowest BCUT2D eigenvalue weighted by atomic mass is 9.91. The van der Waals surface area contributed by atoms with Gasteiger partial charge in [0, 0.05) is 47.3 Å². The van der Waals surface area contributed by atoms with Crippen molar-refractivity contribution in [3.8, 4) is 0 Å². The fourth-order valence-electron chi connectivity index (χ4n) is 4.82. The minimum absolute atomic E-state index is 0.00470. The fraction of sp³-hybridized carbons (Fsp3) is 0.370. The van der Waals surface area contributed by atoms with E-state index in [-0.39, 0.29) is 60.4 Å². The van der Waals surface area contributed by atoms with Gasteiger partial charge >= 0.3 is 5.97 Å². The second-order valence-corrected chi connectivity index (χ2v) is 11.2. The molecule has 1 N–H and O–H groups in total. The number of fused-ring (bicyclic) bond motifs is 3. The topological polar surface area (TPSA) is 112 Å². The number of Topliss-reactive ketones (excluding diaryl/α,β-unsaturated/α-hetero) is 1. The number of hydrogen-bond acceptors (Lipinski definition) is 6. The standard InChI is InChI=1S/C27H29FN2O6S/c1-3-36-27(33)16-30-23-10-6-18(28)14-21(23)22-15-19(7-11-24(22)30)29-26(32)13-12-25(31)17-4-8-20(9-5-17)37(2,34)35/h4-6,8-10,14,19H,3,7,11-13,15-16H2,1-2H3,(H,29,32)/t19-/m0/s1. The van der Waals surface area contributed by atoms with Crippen molar-refractivity contribution >= 4 is 38.4 Å². The molecule has 0 saturated heterocycles. The largest absolute Gasteiger partial charge is 0.465 e. The first-order valence-corrected chi connectivity index (χ1v) is 14.0. The van der Waals surface area contributed by atoms with Crippen molar-refractivity contribution in [3.63, 3.8) is 0 Å². The summed E-state index contributed by atoms with van der Waals surface area (Å²) in [4.78, 5) is 37.4. The lowest BCUT2D eigenvalue weighted by molar-refractivity contribution is -0.143. The molecule has 2 aromatic carbocycles. The molecule has 0 radical (unpaired) electrons. The molecule has 1 atom stereocenters. The summed E-state index contributed by atoms with van der Waals surface area (Å²) in [5.41, 5.74) is 2.93. The van der Waals surface area contributed by atoms with Gasteiger partial charge in [-0.25, -0.2) is 12.8 Å². The first kappa shape index (κ1) is 26.5. The highest BCUT2D eigenvalue weighted by molar-refractivity contribution is 7.90. The van der Waals surface area contributed by atoms with Crippen molar-refractivity contribution in [3.05, 3.63) is 65.1 Å². The normalized spacial score (nSPS) is 15.3. The molecule has 0 unspecified atom stereocenters. The maximum atomic E-state index is 14.1. The minimum atomic E-state index is -3.35. The van der Waals surface area contributed by atoms with Crippen LogP contribution in [-0.2, 0) is 43.5 Å². The number of nitrogens with zero attached hydrogens (tertiary/aromatic N) is 1. The van der Waals surface area contributed by atoms with Gasteiger partial charge in [-0.1, -0.05) is 12.1 Å². The molecule has 1 heterocycles. The van der Waals surface area contributed by atoms with Crippen LogP contribution in [-0.4, -0.2) is 49.5 Å². The van der Waals surface area contributed by atoms with Gasteiger partial charge in [-0.2, -0.15) is 0 Å². The molecule has 1 aromatic heterocycles. The Bertz CT molecular complexity index is 1460. The van der Waals surface area contributed by atoms with Crippen LogP contribution in [0, 0.1) is 5.82 Å². The van der Waals surface area contributed by atoms with Gasteiger partial charge in [0.2, 0.25) is 5.91 Å². The van der Waals surface area contributed by atoms with E-state index in [0.717, 1.165) is 23.0 Å². The number of ketones is 1. The molecular weight excluding hydrogens is 499 g/mol. The van der Waals surface area contributed by atoms with Gasteiger partial charge in [0.25, 0.3) is 0 Å². The summed E-state index contributed by atoms with van der Waals surface area (Å²) in [7, 11) is -3.35. The first-order chi connectivity index (χ1) is 17.6. The van der Waals surface area contributed by atoms with E-state index < -0.39 is 9.84 Å². The second kappa shape index (κ2) is 10.8. The number of benzene rings is 2. The van der Waals surface area contributed by atoms with E-state index in [1.165, 1.54) is 36.4 Å². The Morgan fingerprint density at radius 2 is 1.84 bits per heavy atom. The van der Waals surface area contributed by atoms with Crippen LogP contribution in [0.25, 0.3) is 10.9 Å². The van der Waals surface area contributed by atoms with Crippen molar-refractivity contribution in [2.24, 2.45) is 0 Å². The molecule has 1 aliphatic carbocycles. The van der Waals surface area contributed by atoms with Gasteiger partial charge in [0.15, 0.2) is 15.6 Å². The predicted molar refractivity (Wildman–Crippen MR) is 136 cm³/mol. The van der Waals surface area contributed by atoms with E-state index in [1.54, 1.807) is 13.0 Å². The molecule has 10 heteroatoms. The number of sulfone groups is 1. The highest BCUT2D eigenvalue weighted by Crippen LogP contribution is 2.33. The van der Waals surface area contributed by atoms with Crippen LogP contribution < -0.4 is 5.32 Å². The molecule has 1 aliphatic rings. The molecular formula is C27H29FN2O6S. The van der Waals surface area contributed by atoms with Gasteiger partial charge in [0.1, 0.15) is 12.4 Å². The number of hydrogen-bond donors (Lipinski definition) is 1. The van der Waals surface area contributed by atoms with Crippen LogP contribution in [0.15, 0.2) is 47.4 Å². The van der Waals surface area contributed by atoms with E-state index in [1.807, 2.05) is 4.57 Å². The minimum Gasteiger partial charge on any atom is -0.465 e. The number of ether oxygens (including phenoxy) is 1. The Kier molecular flexibility index (Phi) is 7.77. The van der Waals surface area contributed by atoms with Gasteiger partial charge < -0.3 is 14.6 Å². The Hall–Kier alpha value is -3.53. The molecule has 196 valence electrons. The molecule has 3 aromatic rings. The van der Waals surface area contributed by atoms with Gasteiger partial charge in [-0.15, -0.1) is 0 Å². The zero-order valence-electron chi connectivity index (χ0n) is 20.8. The fourth-order valence-corrected chi connectivity index (χ4v) is 5.45. The van der Waals surface area contributed by atoms with E-state index in [0.29, 0.717) is 30.2 Å². The van der Waals surface area contributed by atoms with Gasteiger partial charge in [-0.3, -0.25) is 14.4 Å². The summed E-state index contributed by atoms with van der Waals surface area (Å²) in [5, 5.41) is 3.69. The van der Waals surface area contributed by atoms with E-state index in [4.69, 9.17) is 4.74 Å². The van der Waals surface area contributed by atoms with Crippen molar-refractivity contribution in [1.82, 2.24) is 9.88 Å². The Morgan fingerprint density at radius 3 is 2.51 bits per heavy atom. The van der Waals surface area contributed by atoms with E-state index >= 15 is 0 Å². The van der Waals surface area contributed by atoms with Crippen LogP contribution in [0.5, 0.6) is 0 Å². The van der Waals surface area contributed by atoms with Crippen LogP contribution in [0.4, 0.5) is 4.39 Å². The average Bonchev–Trinajstić information content (AvgIpc) is 3.14. The number of carbonyl (C=O) groups excluding carboxylic acids is 3. The third-order valence-corrected chi connectivity index (χ3v) is 7.70. The number of amides is 1. The second-order valence-electron chi connectivity index (χ2n) is 9.20. The van der Waals surface area contributed by atoms with Crippen LogP contribution >= 0.6 is 0 Å². The molecule has 0 fully saturated rings. The maximum Gasteiger partial charge on any atom is 0.325 e. The number of esters is 1. The molecule has 8 nitrogen and oxygen atoms in total. The zero-order valence-corrected chi connectivity index (χ0v) is 21.6. The zero-order chi connectivity index (χ0) is 26.7. The van der Waals surface area contributed by atoms with Crippen molar-refractivity contribution in [2.45, 2.75) is 56.5 Å². The molecule has 0 spiro atoms. The SMILES string of the molecule is CCOC(=O)Cn1c2c(c3cc(F)ccc31)C[C@@H](NC(=O)CCC(=O)c1ccc(S(C)(=O)=O)cc1)CC2. The molecule has 37 heavy (non-hydrogen) atoms. The average molecular weight is 529 g/mol. The third kappa shape index (κ3) is 6.07. The van der Waals surface area contributed by atoms with Crippen LogP contribution in [0.2, 0.25) is 0 Å². The monoisotopic (exact) mass is 528 g/mol. The number of halogens is 1.